The van der Waals surface area contributed by atoms with Gasteiger partial charge in [0.25, 0.3) is 5.91 Å². The molecule has 0 aliphatic heterocycles. The van der Waals surface area contributed by atoms with Crippen LogP contribution in [0.3, 0.4) is 0 Å². The Balaban J connectivity index is 1.59. The molecular weight excluding hydrogens is 350 g/mol. The summed E-state index contributed by atoms with van der Waals surface area (Å²) in [4.78, 5) is 34.4. The number of imide groups is 1. The van der Waals surface area contributed by atoms with Gasteiger partial charge in [0.1, 0.15) is 5.52 Å². The third kappa shape index (κ3) is 4.46. The Kier molecular flexibility index (Phi) is 5.41. The van der Waals surface area contributed by atoms with Gasteiger partial charge in [-0.2, -0.15) is 0 Å². The molecular formula is C18H17N5O4. The summed E-state index contributed by atoms with van der Waals surface area (Å²) in [5.41, 5.74) is 2.96. The summed E-state index contributed by atoms with van der Waals surface area (Å²) in [6.45, 7) is -0.0384. The van der Waals surface area contributed by atoms with E-state index in [9.17, 15) is 14.4 Å². The van der Waals surface area contributed by atoms with Crippen molar-refractivity contribution in [2.75, 3.05) is 13.7 Å². The molecule has 0 aliphatic carbocycles. The van der Waals surface area contributed by atoms with E-state index in [4.69, 9.17) is 4.74 Å². The lowest BCUT2D eigenvalue weighted by molar-refractivity contribution is -0.123. The van der Waals surface area contributed by atoms with Crippen LogP contribution in [-0.4, -0.2) is 46.6 Å². The number of aromatic nitrogens is 3. The fourth-order valence-electron chi connectivity index (χ4n) is 2.39. The third-order valence-electron chi connectivity index (χ3n) is 3.76. The van der Waals surface area contributed by atoms with Crippen LogP contribution >= 0.6 is 0 Å². The van der Waals surface area contributed by atoms with Crippen molar-refractivity contribution in [3.8, 4) is 0 Å². The number of nitrogens with zero attached hydrogens (tertiary/aromatic N) is 3. The van der Waals surface area contributed by atoms with Gasteiger partial charge in [-0.1, -0.05) is 29.5 Å². The molecule has 9 nitrogen and oxygen atoms in total. The van der Waals surface area contributed by atoms with E-state index < -0.39 is 24.5 Å². The molecule has 0 saturated heterocycles. The van der Waals surface area contributed by atoms with Crippen molar-refractivity contribution in [3.05, 3.63) is 59.7 Å². The van der Waals surface area contributed by atoms with Crippen LogP contribution in [0.15, 0.2) is 48.5 Å². The van der Waals surface area contributed by atoms with Gasteiger partial charge in [-0.15, -0.1) is 5.10 Å². The fraction of sp³-hybridized carbons (Fsp3) is 0.167. The summed E-state index contributed by atoms with van der Waals surface area (Å²) in [5.74, 6) is -1.36. The van der Waals surface area contributed by atoms with Gasteiger partial charge in [0.15, 0.2) is 6.61 Å². The van der Waals surface area contributed by atoms with Gasteiger partial charge in [0.2, 0.25) is 0 Å². The highest BCUT2D eigenvalue weighted by molar-refractivity contribution is 5.96. The number of benzene rings is 2. The average molecular weight is 367 g/mol. The smallest absolute Gasteiger partial charge is 0.338 e. The largest absolute Gasteiger partial charge is 0.452 e. The van der Waals surface area contributed by atoms with E-state index in [0.717, 1.165) is 16.6 Å². The second kappa shape index (κ2) is 8.09. The van der Waals surface area contributed by atoms with Crippen LogP contribution in [0.25, 0.3) is 11.0 Å². The molecule has 3 rings (SSSR count). The van der Waals surface area contributed by atoms with Crippen LogP contribution in [0.1, 0.15) is 15.9 Å². The zero-order chi connectivity index (χ0) is 19.2. The number of ether oxygens (including phenoxy) is 1. The maximum Gasteiger partial charge on any atom is 0.338 e. The Hall–Kier alpha value is -3.75. The quantitative estimate of drug-likeness (QED) is 0.653. The molecule has 0 atom stereocenters. The fourth-order valence-corrected chi connectivity index (χ4v) is 2.39. The van der Waals surface area contributed by atoms with Crippen molar-refractivity contribution < 1.29 is 19.1 Å². The molecule has 138 valence electrons. The zero-order valence-corrected chi connectivity index (χ0v) is 14.5. The monoisotopic (exact) mass is 367 g/mol. The van der Waals surface area contributed by atoms with Crippen LogP contribution in [-0.2, 0) is 16.1 Å². The Morgan fingerprint density at radius 2 is 1.81 bits per heavy atom. The van der Waals surface area contributed by atoms with E-state index in [1.807, 2.05) is 29.6 Å². The first kappa shape index (κ1) is 18.1. The highest BCUT2D eigenvalue weighted by Gasteiger charge is 2.12. The summed E-state index contributed by atoms with van der Waals surface area (Å²) in [7, 11) is 1.37. The number of fused-ring (bicyclic) bond motifs is 1. The average Bonchev–Trinajstić information content (AvgIpc) is 3.09. The molecule has 2 N–H and O–H groups in total. The molecule has 3 aromatic rings. The van der Waals surface area contributed by atoms with E-state index >= 15 is 0 Å². The van der Waals surface area contributed by atoms with Crippen molar-refractivity contribution in [2.24, 2.45) is 0 Å². The molecule has 3 amide bonds. The highest BCUT2D eigenvalue weighted by Crippen LogP contribution is 2.13. The molecule has 0 radical (unpaired) electrons. The second-order valence-corrected chi connectivity index (χ2v) is 5.64. The van der Waals surface area contributed by atoms with Crippen molar-refractivity contribution in [1.29, 1.82) is 0 Å². The number of nitrogens with one attached hydrogen (secondary N) is 2. The first-order valence-electron chi connectivity index (χ1n) is 8.12. The SMILES string of the molecule is CNC(=O)NC(=O)COC(=O)c1ccc(Cn2nnc3ccccc32)cc1. The first-order valence-corrected chi connectivity index (χ1v) is 8.12. The normalized spacial score (nSPS) is 10.4. The maximum absolute atomic E-state index is 12.0. The lowest BCUT2D eigenvalue weighted by Gasteiger charge is -2.07. The lowest BCUT2D eigenvalue weighted by Crippen LogP contribution is -2.39. The number of carbonyl (C=O) groups is 3. The van der Waals surface area contributed by atoms with Gasteiger partial charge in [0, 0.05) is 7.05 Å². The Labute approximate surface area is 154 Å². The van der Waals surface area contributed by atoms with Crippen LogP contribution in [0.2, 0.25) is 0 Å². The molecule has 0 bridgehead atoms. The highest BCUT2D eigenvalue weighted by atomic mass is 16.5. The Morgan fingerprint density at radius 1 is 1.07 bits per heavy atom. The lowest BCUT2D eigenvalue weighted by atomic mass is 10.1. The summed E-state index contributed by atoms with van der Waals surface area (Å²) in [6.07, 6.45) is 0. The minimum Gasteiger partial charge on any atom is -0.452 e. The molecule has 0 spiro atoms. The summed E-state index contributed by atoms with van der Waals surface area (Å²) in [6, 6.07) is 13.7. The number of hydrogen-bond acceptors (Lipinski definition) is 6. The zero-order valence-electron chi connectivity index (χ0n) is 14.5. The molecule has 1 aromatic heterocycles. The second-order valence-electron chi connectivity index (χ2n) is 5.64. The summed E-state index contributed by atoms with van der Waals surface area (Å²) < 4.78 is 6.65. The minimum atomic E-state index is -0.711. The number of esters is 1. The molecule has 9 heteroatoms. The van der Waals surface area contributed by atoms with Crippen LogP contribution < -0.4 is 10.6 Å². The van der Waals surface area contributed by atoms with Crippen LogP contribution in [0.4, 0.5) is 4.79 Å². The van der Waals surface area contributed by atoms with Crippen molar-refractivity contribution in [3.63, 3.8) is 0 Å². The number of rotatable bonds is 5. The van der Waals surface area contributed by atoms with E-state index in [1.165, 1.54) is 7.05 Å². The van der Waals surface area contributed by atoms with Gasteiger partial charge >= 0.3 is 12.0 Å². The van der Waals surface area contributed by atoms with Crippen molar-refractivity contribution in [1.82, 2.24) is 25.6 Å². The predicted octanol–water partition coefficient (Wildman–Crippen LogP) is 1.09. The Morgan fingerprint density at radius 3 is 2.56 bits per heavy atom. The minimum absolute atomic E-state index is 0.301. The molecule has 0 aliphatic rings. The molecule has 0 fully saturated rings. The van der Waals surface area contributed by atoms with Crippen molar-refractivity contribution in [2.45, 2.75) is 6.54 Å². The number of hydrogen-bond donors (Lipinski definition) is 2. The molecule has 0 saturated carbocycles. The van der Waals surface area contributed by atoms with Gasteiger partial charge < -0.3 is 10.1 Å². The Bertz CT molecular complexity index is 981. The number of amides is 3. The topological polar surface area (TPSA) is 115 Å². The molecule has 1 heterocycles. The van der Waals surface area contributed by atoms with Gasteiger partial charge in [-0.25, -0.2) is 14.3 Å². The van der Waals surface area contributed by atoms with E-state index in [2.05, 4.69) is 15.6 Å². The summed E-state index contributed by atoms with van der Waals surface area (Å²) >= 11 is 0. The number of carbonyl (C=O) groups excluding carboxylic acids is 3. The van der Waals surface area contributed by atoms with Gasteiger partial charge in [-0.05, 0) is 29.8 Å². The number of para-hydroxylation sites is 1. The first-order chi connectivity index (χ1) is 13.1. The summed E-state index contributed by atoms with van der Waals surface area (Å²) in [5, 5.41) is 12.5. The maximum atomic E-state index is 12.0. The van der Waals surface area contributed by atoms with E-state index in [-0.39, 0.29) is 0 Å². The van der Waals surface area contributed by atoms with Gasteiger partial charge in [-0.3, -0.25) is 10.1 Å². The van der Waals surface area contributed by atoms with Crippen LogP contribution in [0.5, 0.6) is 0 Å². The number of urea groups is 1. The predicted molar refractivity (Wildman–Crippen MR) is 96.0 cm³/mol. The van der Waals surface area contributed by atoms with E-state index in [0.29, 0.717) is 12.1 Å². The molecule has 27 heavy (non-hydrogen) atoms. The van der Waals surface area contributed by atoms with Gasteiger partial charge in [0.05, 0.1) is 17.6 Å². The molecule has 0 unspecified atom stereocenters. The third-order valence-corrected chi connectivity index (χ3v) is 3.76. The van der Waals surface area contributed by atoms with E-state index in [1.54, 1.807) is 28.9 Å². The van der Waals surface area contributed by atoms with Crippen LogP contribution in [0, 0.1) is 0 Å². The molecule has 2 aromatic carbocycles. The van der Waals surface area contributed by atoms with Crippen molar-refractivity contribution >= 4 is 28.9 Å². The standard InChI is InChI=1S/C18H17N5O4/c1-19-18(26)20-16(24)11-27-17(25)13-8-6-12(7-9-13)10-23-15-5-3-2-4-14(15)21-22-23/h2-9H,10-11H2,1H3,(H2,19,20,24,26).